The van der Waals surface area contributed by atoms with Gasteiger partial charge in [-0.15, -0.1) is 0 Å². The van der Waals surface area contributed by atoms with Gasteiger partial charge in [-0.25, -0.2) is 0 Å². The number of aliphatic hydroxyl groups excluding tert-OH is 1. The third-order valence-electron chi connectivity index (χ3n) is 7.30. The minimum atomic E-state index is -1.02. The SMILES string of the molecule is COc1ccc(C(OC[C@H]2O[C@@H](n3cc(C)c(=O)[nH]c3=[Se])C[C@H]2O)(c2ccccc2)c2ccc(OC)cc2)cc1. The van der Waals surface area contributed by atoms with E-state index in [0.717, 1.165) is 28.2 Å². The first-order valence-corrected chi connectivity index (χ1v) is 13.9. The van der Waals surface area contributed by atoms with Crippen LogP contribution < -0.4 is 15.0 Å². The Balaban J connectivity index is 1.54. The molecule has 4 aromatic rings. The van der Waals surface area contributed by atoms with Gasteiger partial charge < -0.3 is 9.47 Å². The van der Waals surface area contributed by atoms with Crippen molar-refractivity contribution in [1.29, 1.82) is 0 Å². The molecule has 1 fully saturated rings. The molecule has 208 valence electrons. The van der Waals surface area contributed by atoms with Gasteiger partial charge in [0.15, 0.2) is 0 Å². The summed E-state index contributed by atoms with van der Waals surface area (Å²) in [6.45, 7) is 1.84. The molecule has 1 aromatic heterocycles. The number of aromatic amines is 1. The normalized spacial score (nSPS) is 18.9. The van der Waals surface area contributed by atoms with Crippen LogP contribution in [0.5, 0.6) is 11.5 Å². The third-order valence-corrected chi connectivity index (χ3v) is 7.95. The molecule has 2 heterocycles. The Hall–Kier alpha value is -3.46. The van der Waals surface area contributed by atoms with Crippen molar-refractivity contribution in [3.8, 4) is 11.5 Å². The number of aliphatic hydroxyl groups is 1. The van der Waals surface area contributed by atoms with E-state index in [9.17, 15) is 9.90 Å². The Morgan fingerprint density at radius 2 is 1.50 bits per heavy atom. The summed E-state index contributed by atoms with van der Waals surface area (Å²) >= 11 is 2.88. The van der Waals surface area contributed by atoms with Crippen LogP contribution in [0.4, 0.5) is 0 Å². The van der Waals surface area contributed by atoms with E-state index in [1.54, 1.807) is 31.9 Å². The van der Waals surface area contributed by atoms with Gasteiger partial charge in [-0.05, 0) is 0 Å². The molecule has 0 saturated carbocycles. The number of nitrogens with one attached hydrogen (secondary N) is 1. The van der Waals surface area contributed by atoms with E-state index >= 15 is 0 Å². The number of aromatic nitrogens is 2. The summed E-state index contributed by atoms with van der Waals surface area (Å²) in [7, 11) is 3.27. The molecule has 0 spiro atoms. The number of hydrogen-bond acceptors (Lipinski definition) is 6. The predicted molar refractivity (Wildman–Crippen MR) is 152 cm³/mol. The molecule has 0 aliphatic carbocycles. The van der Waals surface area contributed by atoms with E-state index in [4.69, 9.17) is 18.9 Å². The average Bonchev–Trinajstić information content (AvgIpc) is 3.36. The quantitative estimate of drug-likeness (QED) is 0.222. The standard InChI is InChI=1S/C31H32N2O6Se/c1-20-18-33(30(40)32-29(20)35)28-17-26(34)27(39-28)19-38-31(21-7-5-4-6-8-21,22-9-13-24(36-2)14-10-22)23-11-15-25(37-3)16-12-23/h4-16,18,26-28,34H,17,19H2,1-3H3,(H,32,35,40)/t26-,27-,28-/m1/s1. The number of rotatable bonds is 9. The second-order valence-corrected chi connectivity index (χ2v) is 10.5. The van der Waals surface area contributed by atoms with E-state index < -0.39 is 24.0 Å². The van der Waals surface area contributed by atoms with Gasteiger partial charge in [-0.3, -0.25) is 0 Å². The second-order valence-electron chi connectivity index (χ2n) is 9.73. The molecule has 1 saturated heterocycles. The van der Waals surface area contributed by atoms with Gasteiger partial charge in [-0.2, -0.15) is 0 Å². The van der Waals surface area contributed by atoms with Crippen LogP contribution >= 0.6 is 0 Å². The fraction of sp³-hybridized carbons (Fsp3) is 0.290. The first-order valence-electron chi connectivity index (χ1n) is 13.0. The first kappa shape index (κ1) is 28.1. The number of methoxy groups -OCH3 is 2. The molecule has 0 unspecified atom stereocenters. The molecule has 0 radical (unpaired) electrons. The van der Waals surface area contributed by atoms with Crippen molar-refractivity contribution in [2.24, 2.45) is 0 Å². The molecule has 8 nitrogen and oxygen atoms in total. The van der Waals surface area contributed by atoms with Crippen molar-refractivity contribution in [2.45, 2.75) is 37.4 Å². The topological polar surface area (TPSA) is 94.9 Å². The molecule has 1 aliphatic rings. The molecule has 1 aliphatic heterocycles. The fourth-order valence-corrected chi connectivity index (χ4v) is 5.67. The first-order chi connectivity index (χ1) is 19.3. The van der Waals surface area contributed by atoms with Crippen molar-refractivity contribution in [3.63, 3.8) is 0 Å². The maximum atomic E-state index is 12.0. The predicted octanol–water partition coefficient (Wildman–Crippen LogP) is 3.86. The molecule has 3 aromatic carbocycles. The zero-order valence-corrected chi connectivity index (χ0v) is 24.3. The van der Waals surface area contributed by atoms with Gasteiger partial charge in [0.05, 0.1) is 14.2 Å². The van der Waals surface area contributed by atoms with Crippen molar-refractivity contribution < 1.29 is 24.1 Å². The van der Waals surface area contributed by atoms with Crippen LogP contribution in [0.1, 0.15) is 34.9 Å². The molecule has 40 heavy (non-hydrogen) atoms. The second kappa shape index (κ2) is 12.0. The summed E-state index contributed by atoms with van der Waals surface area (Å²) in [6.07, 6.45) is 0.229. The Bertz CT molecular complexity index is 1500. The van der Waals surface area contributed by atoms with E-state index in [-0.39, 0.29) is 12.2 Å². The van der Waals surface area contributed by atoms with E-state index in [1.165, 1.54) is 0 Å². The summed E-state index contributed by atoms with van der Waals surface area (Å²) < 4.78 is 26.4. The molecule has 3 atom stereocenters. The Morgan fingerprint density at radius 3 is 2.05 bits per heavy atom. The monoisotopic (exact) mass is 608 g/mol. The van der Waals surface area contributed by atoms with Gasteiger partial charge in [0.2, 0.25) is 0 Å². The molecule has 0 bridgehead atoms. The molecule has 0 amide bonds. The third kappa shape index (κ3) is 5.44. The number of H-pyrrole nitrogens is 1. The van der Waals surface area contributed by atoms with Crippen molar-refractivity contribution >= 4 is 15.6 Å². The van der Waals surface area contributed by atoms with E-state index in [1.807, 2.05) is 78.9 Å². The summed E-state index contributed by atoms with van der Waals surface area (Å²) in [4.78, 5) is 14.8. The van der Waals surface area contributed by atoms with Gasteiger partial charge in [0.25, 0.3) is 0 Å². The summed E-state index contributed by atoms with van der Waals surface area (Å²) in [5.74, 6) is 1.47. The van der Waals surface area contributed by atoms with Crippen molar-refractivity contribution in [1.82, 2.24) is 9.55 Å². The Kier molecular flexibility index (Phi) is 8.40. The number of ether oxygens (including phenoxy) is 4. The van der Waals surface area contributed by atoms with Crippen LogP contribution in [0.25, 0.3) is 0 Å². The zero-order valence-electron chi connectivity index (χ0n) is 22.6. The molecular weight excluding hydrogens is 575 g/mol. The molecule has 9 heteroatoms. The summed E-state index contributed by atoms with van der Waals surface area (Å²) in [5, 5.41) is 11.0. The van der Waals surface area contributed by atoms with E-state index in [2.05, 4.69) is 20.6 Å². The maximum absolute atomic E-state index is 12.0. The van der Waals surface area contributed by atoms with Crippen LogP contribution in [0.15, 0.2) is 89.9 Å². The van der Waals surface area contributed by atoms with Crippen LogP contribution in [-0.4, -0.2) is 63.3 Å². The van der Waals surface area contributed by atoms with Crippen LogP contribution in [0.3, 0.4) is 0 Å². The number of nitrogens with zero attached hydrogens (tertiary/aromatic N) is 1. The number of aryl methyl sites for hydroxylation is 1. The molecule has 5 rings (SSSR count). The van der Waals surface area contributed by atoms with Gasteiger partial charge in [0, 0.05) is 0 Å². The molecular formula is C31H32N2O6Se. The van der Waals surface area contributed by atoms with Gasteiger partial charge in [0.1, 0.15) is 0 Å². The van der Waals surface area contributed by atoms with Crippen LogP contribution in [-0.2, 0) is 15.1 Å². The average molecular weight is 608 g/mol. The zero-order chi connectivity index (χ0) is 28.3. The minimum absolute atomic E-state index is 0.107. The number of benzene rings is 3. The van der Waals surface area contributed by atoms with Gasteiger partial charge >= 0.3 is 217 Å². The van der Waals surface area contributed by atoms with Gasteiger partial charge in [-0.1, -0.05) is 0 Å². The fourth-order valence-electron chi connectivity index (χ4n) is 5.12. The van der Waals surface area contributed by atoms with Crippen LogP contribution in [0, 0.1) is 11.2 Å². The van der Waals surface area contributed by atoms with Crippen LogP contribution in [0.2, 0.25) is 0 Å². The van der Waals surface area contributed by atoms with E-state index in [0.29, 0.717) is 16.3 Å². The van der Waals surface area contributed by atoms with Crippen molar-refractivity contribution in [2.75, 3.05) is 20.8 Å². The Morgan fingerprint density at radius 1 is 0.950 bits per heavy atom. The Labute approximate surface area is 240 Å². The summed E-state index contributed by atoms with van der Waals surface area (Å²) in [5.41, 5.74) is 2.07. The van der Waals surface area contributed by atoms with Crippen molar-refractivity contribution in [3.05, 3.63) is 122 Å². The molecule has 2 N–H and O–H groups in total. The number of hydrogen-bond donors (Lipinski definition) is 2. The summed E-state index contributed by atoms with van der Waals surface area (Å²) in [6, 6.07) is 25.6.